The van der Waals surface area contributed by atoms with Crippen molar-refractivity contribution < 1.29 is 23.5 Å². The lowest BCUT2D eigenvalue weighted by Gasteiger charge is -2.43. The third kappa shape index (κ3) is 7.90. The van der Waals surface area contributed by atoms with E-state index in [1.54, 1.807) is 36.1 Å². The number of carboxylic acid groups (broad SMARTS) is 1. The van der Waals surface area contributed by atoms with Crippen LogP contribution in [0.25, 0.3) is 0 Å². The number of aryl methyl sites for hydroxylation is 1. The lowest BCUT2D eigenvalue weighted by Crippen LogP contribution is -2.59. The lowest BCUT2D eigenvalue weighted by atomic mass is 9.87. The van der Waals surface area contributed by atoms with Gasteiger partial charge in [0.1, 0.15) is 17.7 Å². The topological polar surface area (TPSA) is 64.1 Å². The number of benzene rings is 2. The average Bonchev–Trinajstić information content (AvgIpc) is 3.29. The van der Waals surface area contributed by atoms with Crippen molar-refractivity contribution in [2.45, 2.75) is 64.6 Å². The largest absolute Gasteiger partial charge is 0.480 e. The number of piperazine rings is 1. The Balaban J connectivity index is 0.00000294. The Morgan fingerprint density at radius 1 is 1.02 bits per heavy atom. The third-order valence-electron chi connectivity index (χ3n) is 8.24. The molecular weight excluding hydrogens is 595 g/mol. The molecule has 1 amide bonds. The molecule has 0 aromatic heterocycles. The van der Waals surface area contributed by atoms with Gasteiger partial charge in [0, 0.05) is 61.7 Å². The molecule has 11 heteroatoms. The number of carbonyl (C=O) groups excluding carboxylic acids is 1. The van der Waals surface area contributed by atoms with Crippen LogP contribution in [-0.4, -0.2) is 82.0 Å². The Labute approximate surface area is 258 Å². The highest BCUT2D eigenvalue weighted by molar-refractivity contribution is 6.30. The van der Waals surface area contributed by atoms with Crippen LogP contribution in [0.4, 0.5) is 8.78 Å². The van der Waals surface area contributed by atoms with Crippen molar-refractivity contribution in [2.75, 3.05) is 32.7 Å². The first-order chi connectivity index (χ1) is 18.3. The monoisotopic (exact) mass is 633 g/mol. The highest BCUT2D eigenvalue weighted by Gasteiger charge is 2.46. The minimum absolute atomic E-state index is 0. The molecule has 2 saturated heterocycles. The minimum Gasteiger partial charge on any atom is -0.480 e. The average molecular weight is 635 g/mol. The van der Waals surface area contributed by atoms with Gasteiger partial charge >= 0.3 is 5.97 Å². The fraction of sp³-hybridized carbons (Fsp3) is 0.533. The van der Waals surface area contributed by atoms with E-state index in [2.05, 4.69) is 25.7 Å². The van der Waals surface area contributed by atoms with E-state index in [9.17, 15) is 19.1 Å². The molecule has 2 aromatic carbocycles. The van der Waals surface area contributed by atoms with E-state index >= 15 is 4.39 Å². The van der Waals surface area contributed by atoms with Crippen molar-refractivity contribution in [3.63, 3.8) is 0 Å². The molecule has 1 unspecified atom stereocenters. The van der Waals surface area contributed by atoms with Gasteiger partial charge in [0.15, 0.2) is 0 Å². The molecule has 2 fully saturated rings. The van der Waals surface area contributed by atoms with E-state index < -0.39 is 29.6 Å². The van der Waals surface area contributed by atoms with Crippen molar-refractivity contribution >= 4 is 48.3 Å². The molecular formula is C30H40Cl3F2N3O3. The minimum atomic E-state index is -1.02. The molecule has 0 bridgehead atoms. The quantitative estimate of drug-likeness (QED) is 0.435. The number of carboxylic acids is 1. The Hall–Kier alpha value is -1.97. The molecule has 6 nitrogen and oxygen atoms in total. The third-order valence-corrected chi connectivity index (χ3v) is 8.47. The number of nitrogens with zero attached hydrogens (tertiary/aromatic N) is 3. The van der Waals surface area contributed by atoms with Crippen LogP contribution < -0.4 is 0 Å². The van der Waals surface area contributed by atoms with Crippen LogP contribution in [0, 0.1) is 24.5 Å². The van der Waals surface area contributed by atoms with Crippen molar-refractivity contribution in [2.24, 2.45) is 5.92 Å². The summed E-state index contributed by atoms with van der Waals surface area (Å²) >= 11 is 6.00. The zero-order valence-electron chi connectivity index (χ0n) is 24.1. The fourth-order valence-electron chi connectivity index (χ4n) is 5.93. The number of aliphatic carboxylic acids is 1. The summed E-state index contributed by atoms with van der Waals surface area (Å²) in [6.45, 7) is 12.1. The molecule has 2 aliphatic heterocycles. The summed E-state index contributed by atoms with van der Waals surface area (Å²) in [5, 5.41) is 10.3. The SMILES string of the molecule is Cc1ccc(CC(C(=O)O)N2CCN(C(=O)[C@@H]3CN(C(C)(C)C)C[C@H]3c3ccc(Cl)cc3F)[C@@H](C)C2)c(F)c1.Cl.Cl. The highest BCUT2D eigenvalue weighted by Crippen LogP contribution is 2.39. The molecule has 0 spiro atoms. The summed E-state index contributed by atoms with van der Waals surface area (Å²) in [5.74, 6) is -2.65. The number of carbonyl (C=O) groups is 2. The normalized spacial score (nSPS) is 22.5. The molecule has 0 saturated carbocycles. The molecule has 2 aromatic rings. The van der Waals surface area contributed by atoms with Gasteiger partial charge in [0.05, 0.1) is 5.92 Å². The number of hydrogen-bond acceptors (Lipinski definition) is 4. The van der Waals surface area contributed by atoms with Crippen LogP contribution in [0.3, 0.4) is 0 Å². The van der Waals surface area contributed by atoms with Crippen molar-refractivity contribution in [3.05, 3.63) is 69.7 Å². The van der Waals surface area contributed by atoms with E-state index in [1.807, 2.05) is 11.8 Å². The standard InChI is InChI=1S/C30H38ClF2N3O3.2ClH/c1-18-6-7-20(25(32)12-18)13-27(29(38)39)34-10-11-36(19(2)15-34)28(37)24-17-35(30(3,4)5)16-23(24)22-9-8-21(31)14-26(22)33;;/h6-9,12,14,19,23-24,27H,10-11,13,15-17H2,1-5H3,(H,38,39);2*1H/t19-,23-,24+,27?;;/m0../s1. The zero-order chi connectivity index (χ0) is 28.6. The zero-order valence-corrected chi connectivity index (χ0v) is 26.5. The van der Waals surface area contributed by atoms with Crippen molar-refractivity contribution in [1.29, 1.82) is 0 Å². The van der Waals surface area contributed by atoms with Gasteiger partial charge < -0.3 is 10.0 Å². The summed E-state index contributed by atoms with van der Waals surface area (Å²) in [4.78, 5) is 32.0. The maximum absolute atomic E-state index is 15.0. The van der Waals surface area contributed by atoms with E-state index in [0.717, 1.165) is 5.56 Å². The molecule has 228 valence electrons. The van der Waals surface area contributed by atoms with Crippen molar-refractivity contribution in [3.8, 4) is 0 Å². The first-order valence-corrected chi connectivity index (χ1v) is 13.9. The molecule has 2 heterocycles. The summed E-state index contributed by atoms with van der Waals surface area (Å²) in [6, 6.07) is 8.30. The smallest absolute Gasteiger partial charge is 0.321 e. The molecule has 0 radical (unpaired) electrons. The van der Waals surface area contributed by atoms with E-state index in [4.69, 9.17) is 11.6 Å². The van der Waals surface area contributed by atoms with Gasteiger partial charge in [0.25, 0.3) is 0 Å². The molecule has 4 atom stereocenters. The van der Waals surface area contributed by atoms with E-state index in [0.29, 0.717) is 48.9 Å². The van der Waals surface area contributed by atoms with Crippen LogP contribution in [0.5, 0.6) is 0 Å². The number of rotatable bonds is 6. The fourth-order valence-corrected chi connectivity index (χ4v) is 6.09. The van der Waals surface area contributed by atoms with Crippen LogP contribution >= 0.6 is 36.4 Å². The summed E-state index contributed by atoms with van der Waals surface area (Å²) in [6.07, 6.45) is 0.0448. The first-order valence-electron chi connectivity index (χ1n) is 13.5. The first kappa shape index (κ1) is 35.2. The molecule has 2 aliphatic rings. The van der Waals surface area contributed by atoms with Gasteiger partial charge in [-0.2, -0.15) is 0 Å². The summed E-state index contributed by atoms with van der Waals surface area (Å²) in [5.41, 5.74) is 1.43. The van der Waals surface area contributed by atoms with Gasteiger partial charge in [-0.3, -0.25) is 19.4 Å². The predicted molar refractivity (Wildman–Crippen MR) is 162 cm³/mol. The van der Waals surface area contributed by atoms with Crippen LogP contribution in [0.2, 0.25) is 5.02 Å². The molecule has 4 rings (SSSR count). The second kappa shape index (κ2) is 14.0. The van der Waals surface area contributed by atoms with E-state index in [-0.39, 0.29) is 54.6 Å². The maximum atomic E-state index is 15.0. The van der Waals surface area contributed by atoms with Crippen LogP contribution in [-0.2, 0) is 16.0 Å². The number of halogens is 5. The predicted octanol–water partition coefficient (Wildman–Crippen LogP) is 5.81. The number of likely N-dealkylation sites (tertiary alicyclic amines) is 1. The molecule has 41 heavy (non-hydrogen) atoms. The Kier molecular flexibility index (Phi) is 12.0. The second-order valence-corrected chi connectivity index (χ2v) is 12.4. The molecule has 0 aliphatic carbocycles. The van der Waals surface area contributed by atoms with Gasteiger partial charge in [-0.05, 0) is 69.5 Å². The maximum Gasteiger partial charge on any atom is 0.321 e. The van der Waals surface area contributed by atoms with Gasteiger partial charge in [-0.15, -0.1) is 24.8 Å². The van der Waals surface area contributed by atoms with Crippen LogP contribution in [0.1, 0.15) is 50.3 Å². The second-order valence-electron chi connectivity index (χ2n) is 12.0. The highest BCUT2D eigenvalue weighted by atomic mass is 35.5. The van der Waals surface area contributed by atoms with Gasteiger partial charge in [-0.25, -0.2) is 8.78 Å². The summed E-state index contributed by atoms with van der Waals surface area (Å²) < 4.78 is 29.5. The Morgan fingerprint density at radius 2 is 1.71 bits per heavy atom. The molecule has 1 N–H and O–H groups in total. The van der Waals surface area contributed by atoms with Gasteiger partial charge in [-0.1, -0.05) is 29.8 Å². The Bertz CT molecular complexity index is 1240. The number of amides is 1. The Morgan fingerprint density at radius 3 is 2.27 bits per heavy atom. The van der Waals surface area contributed by atoms with Crippen molar-refractivity contribution in [1.82, 2.24) is 14.7 Å². The summed E-state index contributed by atoms with van der Waals surface area (Å²) in [7, 11) is 0. The van der Waals surface area contributed by atoms with Gasteiger partial charge in [0.2, 0.25) is 5.91 Å². The lowest BCUT2D eigenvalue weighted by molar-refractivity contribution is -0.147. The van der Waals surface area contributed by atoms with Crippen LogP contribution in [0.15, 0.2) is 36.4 Å². The number of hydrogen-bond donors (Lipinski definition) is 1. The van der Waals surface area contributed by atoms with E-state index in [1.165, 1.54) is 12.1 Å².